The maximum atomic E-state index is 10.8. The van der Waals surface area contributed by atoms with Crippen molar-refractivity contribution >= 4 is 5.97 Å². The molecule has 17 heavy (non-hydrogen) atoms. The minimum atomic E-state index is -1.00. The number of phenols is 1. The van der Waals surface area contributed by atoms with Crippen LogP contribution >= 0.6 is 0 Å². The summed E-state index contributed by atoms with van der Waals surface area (Å²) < 4.78 is 0. The topological polar surface area (TPSA) is 83.6 Å². The van der Waals surface area contributed by atoms with E-state index in [0.29, 0.717) is 12.8 Å². The Morgan fingerprint density at radius 2 is 1.82 bits per heavy atom. The van der Waals surface area contributed by atoms with Crippen LogP contribution in [-0.2, 0) is 24.1 Å². The monoisotopic (exact) mass is 237 g/mol. The zero-order chi connectivity index (χ0) is 13.0. The predicted octanol–water partition coefficient (Wildman–Crippen LogP) is 1.47. The molecule has 0 amide bonds. The molecule has 0 aliphatic carbocycles. The lowest BCUT2D eigenvalue weighted by molar-refractivity contribution is -0.138. The van der Waals surface area contributed by atoms with Gasteiger partial charge in [0.25, 0.3) is 0 Å². The number of carbonyl (C=O) groups is 1. The maximum Gasteiger partial charge on any atom is 0.320 e. The SMILES string of the molecule is CCc1cc(CC(N)C(=O)O)c(CC)cc1O. The second kappa shape index (κ2) is 5.68. The molecule has 0 fully saturated rings. The van der Waals surface area contributed by atoms with Crippen LogP contribution < -0.4 is 5.73 Å². The number of aryl methyl sites for hydroxylation is 2. The fraction of sp³-hybridized carbons (Fsp3) is 0.462. The molecule has 0 bridgehead atoms. The largest absolute Gasteiger partial charge is 0.508 e. The third kappa shape index (κ3) is 3.20. The van der Waals surface area contributed by atoms with Crippen LogP contribution in [0.5, 0.6) is 5.75 Å². The average Bonchev–Trinajstić information content (AvgIpc) is 2.30. The second-order valence-electron chi connectivity index (χ2n) is 4.11. The van der Waals surface area contributed by atoms with Gasteiger partial charge in [0.15, 0.2) is 0 Å². The molecule has 1 atom stereocenters. The Morgan fingerprint density at radius 3 is 2.29 bits per heavy atom. The van der Waals surface area contributed by atoms with Crippen LogP contribution in [0.15, 0.2) is 12.1 Å². The van der Waals surface area contributed by atoms with Crippen LogP contribution in [-0.4, -0.2) is 22.2 Å². The molecule has 0 aromatic heterocycles. The zero-order valence-electron chi connectivity index (χ0n) is 10.2. The molecule has 1 aromatic carbocycles. The van der Waals surface area contributed by atoms with Crippen LogP contribution in [0.25, 0.3) is 0 Å². The summed E-state index contributed by atoms with van der Waals surface area (Å²) in [6.07, 6.45) is 1.76. The van der Waals surface area contributed by atoms with Crippen molar-refractivity contribution in [2.24, 2.45) is 5.73 Å². The molecule has 0 radical (unpaired) electrons. The van der Waals surface area contributed by atoms with Crippen molar-refractivity contribution in [1.29, 1.82) is 0 Å². The highest BCUT2D eigenvalue weighted by atomic mass is 16.4. The van der Waals surface area contributed by atoms with E-state index >= 15 is 0 Å². The highest BCUT2D eigenvalue weighted by molar-refractivity contribution is 5.73. The summed E-state index contributed by atoms with van der Waals surface area (Å²) in [5.41, 5.74) is 8.24. The molecule has 94 valence electrons. The van der Waals surface area contributed by atoms with Gasteiger partial charge in [0.1, 0.15) is 11.8 Å². The van der Waals surface area contributed by atoms with Crippen LogP contribution in [0.2, 0.25) is 0 Å². The van der Waals surface area contributed by atoms with Gasteiger partial charge in [-0.2, -0.15) is 0 Å². The van der Waals surface area contributed by atoms with Crippen molar-refractivity contribution in [3.63, 3.8) is 0 Å². The highest BCUT2D eigenvalue weighted by Gasteiger charge is 2.15. The van der Waals surface area contributed by atoms with Crippen molar-refractivity contribution in [3.8, 4) is 5.75 Å². The first-order valence-corrected chi connectivity index (χ1v) is 5.81. The maximum absolute atomic E-state index is 10.8. The van der Waals surface area contributed by atoms with Gasteiger partial charge in [0.2, 0.25) is 0 Å². The van der Waals surface area contributed by atoms with E-state index in [4.69, 9.17) is 10.8 Å². The number of hydrogen-bond acceptors (Lipinski definition) is 3. The number of phenolic OH excluding ortho intramolecular Hbond substituents is 1. The van der Waals surface area contributed by atoms with Gasteiger partial charge >= 0.3 is 5.97 Å². The molecule has 0 aliphatic heterocycles. The van der Waals surface area contributed by atoms with E-state index in [1.165, 1.54) is 0 Å². The summed E-state index contributed by atoms with van der Waals surface area (Å²) in [4.78, 5) is 10.8. The van der Waals surface area contributed by atoms with Crippen molar-refractivity contribution < 1.29 is 15.0 Å². The Bertz CT molecular complexity index is 415. The molecule has 0 saturated carbocycles. The number of aliphatic carboxylic acids is 1. The summed E-state index contributed by atoms with van der Waals surface area (Å²) in [6, 6.07) is 2.68. The fourth-order valence-electron chi connectivity index (χ4n) is 1.85. The smallest absolute Gasteiger partial charge is 0.320 e. The molecule has 0 heterocycles. The molecule has 0 saturated heterocycles. The zero-order valence-corrected chi connectivity index (χ0v) is 10.2. The number of nitrogens with two attached hydrogens (primary N) is 1. The second-order valence-corrected chi connectivity index (χ2v) is 4.11. The molecule has 1 aromatic rings. The molecule has 4 nitrogen and oxygen atoms in total. The van der Waals surface area contributed by atoms with Crippen LogP contribution in [0, 0.1) is 0 Å². The van der Waals surface area contributed by atoms with Crippen molar-refractivity contribution in [2.45, 2.75) is 39.2 Å². The number of aromatic hydroxyl groups is 1. The van der Waals surface area contributed by atoms with Crippen molar-refractivity contribution in [1.82, 2.24) is 0 Å². The predicted molar refractivity (Wildman–Crippen MR) is 66.2 cm³/mol. The van der Waals surface area contributed by atoms with E-state index in [2.05, 4.69) is 0 Å². The first-order valence-electron chi connectivity index (χ1n) is 5.81. The van der Waals surface area contributed by atoms with Gasteiger partial charge < -0.3 is 15.9 Å². The molecule has 1 unspecified atom stereocenters. The third-order valence-electron chi connectivity index (χ3n) is 2.92. The lowest BCUT2D eigenvalue weighted by Crippen LogP contribution is -2.32. The van der Waals surface area contributed by atoms with Crippen LogP contribution in [0.1, 0.15) is 30.5 Å². The van der Waals surface area contributed by atoms with Crippen LogP contribution in [0.4, 0.5) is 0 Å². The quantitative estimate of drug-likeness (QED) is 0.724. The Balaban J connectivity index is 3.08. The molecule has 1 rings (SSSR count). The number of carboxylic acids is 1. The van der Waals surface area contributed by atoms with Crippen molar-refractivity contribution in [2.75, 3.05) is 0 Å². The number of benzene rings is 1. The van der Waals surface area contributed by atoms with Gasteiger partial charge in [-0.3, -0.25) is 4.79 Å². The Hall–Kier alpha value is -1.55. The van der Waals surface area contributed by atoms with E-state index in [9.17, 15) is 9.90 Å². The minimum Gasteiger partial charge on any atom is -0.508 e. The third-order valence-corrected chi connectivity index (χ3v) is 2.92. The number of rotatable bonds is 5. The lowest BCUT2D eigenvalue weighted by atomic mass is 9.95. The number of hydrogen-bond donors (Lipinski definition) is 3. The average molecular weight is 237 g/mol. The van der Waals surface area contributed by atoms with E-state index in [0.717, 1.165) is 23.1 Å². The normalized spacial score (nSPS) is 12.4. The molecule has 4 N–H and O–H groups in total. The molecule has 0 aliphatic rings. The molecule has 0 spiro atoms. The summed E-state index contributed by atoms with van der Waals surface area (Å²) >= 11 is 0. The number of carboxylic acid groups (broad SMARTS) is 1. The van der Waals surface area contributed by atoms with E-state index in [-0.39, 0.29) is 5.75 Å². The summed E-state index contributed by atoms with van der Waals surface area (Å²) in [7, 11) is 0. The lowest BCUT2D eigenvalue weighted by Gasteiger charge is -2.14. The fourth-order valence-corrected chi connectivity index (χ4v) is 1.85. The van der Waals surface area contributed by atoms with Gasteiger partial charge in [-0.05, 0) is 42.0 Å². The Labute approximate surface area is 101 Å². The molecular formula is C13H19NO3. The van der Waals surface area contributed by atoms with Crippen LogP contribution in [0.3, 0.4) is 0 Å². The Morgan fingerprint density at radius 1 is 1.24 bits per heavy atom. The first kappa shape index (κ1) is 13.5. The molecule has 4 heteroatoms. The minimum absolute atomic E-state index is 0.275. The van der Waals surface area contributed by atoms with Gasteiger partial charge in [0.05, 0.1) is 0 Å². The van der Waals surface area contributed by atoms with Gasteiger partial charge in [-0.1, -0.05) is 19.9 Å². The van der Waals surface area contributed by atoms with Gasteiger partial charge in [0, 0.05) is 0 Å². The van der Waals surface area contributed by atoms with Crippen molar-refractivity contribution in [3.05, 3.63) is 28.8 Å². The van der Waals surface area contributed by atoms with Gasteiger partial charge in [-0.15, -0.1) is 0 Å². The van der Waals surface area contributed by atoms with Gasteiger partial charge in [-0.25, -0.2) is 0 Å². The summed E-state index contributed by atoms with van der Waals surface area (Å²) in [5.74, 6) is -0.727. The molecular weight excluding hydrogens is 218 g/mol. The summed E-state index contributed by atoms with van der Waals surface area (Å²) in [5, 5.41) is 18.6. The summed E-state index contributed by atoms with van der Waals surface area (Å²) in [6.45, 7) is 3.91. The Kier molecular flexibility index (Phi) is 4.52. The standard InChI is InChI=1S/C13H19NO3/c1-3-8-7-12(15)9(4-2)5-10(8)6-11(14)13(16)17/h5,7,11,15H,3-4,6,14H2,1-2H3,(H,16,17). The van der Waals surface area contributed by atoms with E-state index < -0.39 is 12.0 Å². The van der Waals surface area contributed by atoms with E-state index in [1.54, 1.807) is 6.07 Å². The van der Waals surface area contributed by atoms with E-state index in [1.807, 2.05) is 19.9 Å². The highest BCUT2D eigenvalue weighted by Crippen LogP contribution is 2.24. The first-order chi connectivity index (χ1) is 7.99.